The van der Waals surface area contributed by atoms with E-state index in [9.17, 15) is 14.4 Å². The lowest BCUT2D eigenvalue weighted by Crippen LogP contribution is -2.51. The van der Waals surface area contributed by atoms with Crippen LogP contribution in [0.3, 0.4) is 0 Å². The second-order valence-electron chi connectivity index (χ2n) is 9.94. The molecular formula is C29H28N4O4. The van der Waals surface area contributed by atoms with Crippen molar-refractivity contribution in [2.24, 2.45) is 0 Å². The van der Waals surface area contributed by atoms with Gasteiger partial charge in [-0.2, -0.15) is 0 Å². The highest BCUT2D eigenvalue weighted by molar-refractivity contribution is 6.06. The Balaban J connectivity index is 1.20. The minimum Gasteiger partial charge on any atom is -0.366 e. The van der Waals surface area contributed by atoms with E-state index in [0.717, 1.165) is 22.3 Å². The molecule has 1 saturated heterocycles. The van der Waals surface area contributed by atoms with Gasteiger partial charge >= 0.3 is 0 Å². The number of anilines is 2. The Morgan fingerprint density at radius 1 is 1.11 bits per heavy atom. The molecule has 0 radical (unpaired) electrons. The van der Waals surface area contributed by atoms with Gasteiger partial charge in [-0.1, -0.05) is 49.4 Å². The molecule has 0 bridgehead atoms. The lowest BCUT2D eigenvalue weighted by atomic mass is 9.79. The van der Waals surface area contributed by atoms with Crippen molar-refractivity contribution in [1.29, 1.82) is 0 Å². The van der Waals surface area contributed by atoms with E-state index in [4.69, 9.17) is 4.74 Å². The molecule has 3 heterocycles. The smallest absolute Gasteiger partial charge is 0.252 e. The third-order valence-electron chi connectivity index (χ3n) is 7.72. The highest BCUT2D eigenvalue weighted by Gasteiger charge is 2.51. The van der Waals surface area contributed by atoms with Crippen LogP contribution in [-0.2, 0) is 37.4 Å². The van der Waals surface area contributed by atoms with Gasteiger partial charge in [0, 0.05) is 17.4 Å². The summed E-state index contributed by atoms with van der Waals surface area (Å²) < 4.78 is 5.81. The second kappa shape index (κ2) is 9.12. The van der Waals surface area contributed by atoms with Gasteiger partial charge in [-0.3, -0.25) is 14.4 Å². The largest absolute Gasteiger partial charge is 0.366 e. The maximum atomic E-state index is 13.1. The highest BCUT2D eigenvalue weighted by Crippen LogP contribution is 2.47. The van der Waals surface area contributed by atoms with E-state index in [1.54, 1.807) is 11.1 Å². The Kier molecular flexibility index (Phi) is 5.76. The number of amides is 3. The number of nitrogens with one attached hydrogen (secondary N) is 2. The molecule has 6 rings (SSSR count). The normalized spacial score (nSPS) is 24.1. The maximum absolute atomic E-state index is 13.1. The molecule has 8 nitrogen and oxygen atoms in total. The monoisotopic (exact) mass is 496 g/mol. The highest BCUT2D eigenvalue weighted by atomic mass is 16.5. The van der Waals surface area contributed by atoms with Crippen LogP contribution in [0.25, 0.3) is 0 Å². The van der Waals surface area contributed by atoms with Crippen molar-refractivity contribution in [3.05, 3.63) is 89.1 Å². The number of hydrogen-bond acceptors (Lipinski definition) is 5. The van der Waals surface area contributed by atoms with E-state index < -0.39 is 11.5 Å². The van der Waals surface area contributed by atoms with Crippen LogP contribution in [0, 0.1) is 0 Å². The van der Waals surface area contributed by atoms with E-state index in [2.05, 4.69) is 15.6 Å². The van der Waals surface area contributed by atoms with E-state index in [0.29, 0.717) is 37.4 Å². The summed E-state index contributed by atoms with van der Waals surface area (Å²) in [7, 11) is 0. The average molecular weight is 497 g/mol. The number of morpholine rings is 1. The number of benzene rings is 2. The molecule has 0 saturated carbocycles. The molecule has 8 heteroatoms. The van der Waals surface area contributed by atoms with Crippen molar-refractivity contribution >= 4 is 29.2 Å². The Morgan fingerprint density at radius 3 is 2.73 bits per heavy atom. The number of hydrogen-bond donors (Lipinski definition) is 2. The van der Waals surface area contributed by atoms with Gasteiger partial charge in [0.15, 0.2) is 0 Å². The molecule has 1 aliphatic carbocycles. The molecule has 3 aromatic rings. The molecule has 2 aliphatic heterocycles. The van der Waals surface area contributed by atoms with E-state index >= 15 is 0 Å². The van der Waals surface area contributed by atoms with Crippen molar-refractivity contribution < 1.29 is 19.1 Å². The molecule has 3 aliphatic rings. The van der Waals surface area contributed by atoms with Crippen LogP contribution < -0.4 is 10.6 Å². The first kappa shape index (κ1) is 23.4. The minimum absolute atomic E-state index is 0.0359. The summed E-state index contributed by atoms with van der Waals surface area (Å²) in [6.07, 6.45) is 2.83. The number of nitrogens with zero attached hydrogens (tertiary/aromatic N) is 2. The molecule has 1 aromatic heterocycles. The van der Waals surface area contributed by atoms with Crippen molar-refractivity contribution in [1.82, 2.24) is 9.88 Å². The predicted molar refractivity (Wildman–Crippen MR) is 138 cm³/mol. The van der Waals surface area contributed by atoms with Crippen LogP contribution in [0.4, 0.5) is 11.5 Å². The van der Waals surface area contributed by atoms with E-state index in [-0.39, 0.29) is 30.3 Å². The molecule has 1 spiro atoms. The number of fused-ring (bicyclic) bond motifs is 3. The summed E-state index contributed by atoms with van der Waals surface area (Å²) in [5, 5.41) is 5.89. The number of ether oxygens (including phenoxy) is 1. The third kappa shape index (κ3) is 3.97. The topological polar surface area (TPSA) is 101 Å². The van der Waals surface area contributed by atoms with Gasteiger partial charge in [0.1, 0.15) is 18.5 Å². The Hall–Kier alpha value is -4.04. The van der Waals surface area contributed by atoms with Gasteiger partial charge in [0.05, 0.1) is 18.1 Å². The number of carbonyl (C=O) groups excluding carboxylic acids is 3. The van der Waals surface area contributed by atoms with Crippen molar-refractivity contribution in [3.8, 4) is 0 Å². The fourth-order valence-corrected chi connectivity index (χ4v) is 5.84. The summed E-state index contributed by atoms with van der Waals surface area (Å²) in [6.45, 7) is 2.18. The fourth-order valence-electron chi connectivity index (χ4n) is 5.84. The van der Waals surface area contributed by atoms with Crippen LogP contribution in [0.15, 0.2) is 66.9 Å². The van der Waals surface area contributed by atoms with Crippen LogP contribution in [0.2, 0.25) is 0 Å². The first-order valence-corrected chi connectivity index (χ1v) is 12.6. The van der Waals surface area contributed by atoms with Crippen molar-refractivity contribution in [2.45, 2.75) is 43.7 Å². The lowest BCUT2D eigenvalue weighted by molar-refractivity contribution is -0.161. The number of rotatable bonds is 5. The number of carbonyl (C=O) groups is 3. The molecule has 188 valence electrons. The first-order valence-electron chi connectivity index (χ1n) is 12.6. The Labute approximate surface area is 215 Å². The lowest BCUT2D eigenvalue weighted by Gasteiger charge is -2.39. The molecular weight excluding hydrogens is 468 g/mol. The summed E-state index contributed by atoms with van der Waals surface area (Å²) >= 11 is 0. The zero-order valence-corrected chi connectivity index (χ0v) is 20.6. The molecule has 3 unspecified atom stereocenters. The van der Waals surface area contributed by atoms with Crippen LogP contribution in [-0.4, -0.2) is 46.9 Å². The van der Waals surface area contributed by atoms with Gasteiger partial charge < -0.3 is 20.3 Å². The summed E-state index contributed by atoms with van der Waals surface area (Å²) in [5.41, 5.74) is 3.96. The number of pyridine rings is 1. The quantitative estimate of drug-likeness (QED) is 0.564. The van der Waals surface area contributed by atoms with Gasteiger partial charge in [-0.05, 0) is 54.2 Å². The summed E-state index contributed by atoms with van der Waals surface area (Å²) in [5.74, 6) is 0.147. The van der Waals surface area contributed by atoms with E-state index in [1.807, 2.05) is 67.6 Å². The molecule has 3 amide bonds. The van der Waals surface area contributed by atoms with Crippen molar-refractivity contribution in [3.63, 3.8) is 0 Å². The van der Waals surface area contributed by atoms with E-state index in [1.165, 1.54) is 0 Å². The standard InChI is InChI=1S/C29H28N4O4/c1-2-24-27(35)33(23(17-37-24)18-7-4-3-5-8-18)16-25(34)31-21-11-10-19-14-29(15-20(19)13-21)22-9-6-12-30-26(22)32-28(29)36/h3-13,23-24H,2,14-17H2,1H3,(H,31,34)(H,30,32,36). The maximum Gasteiger partial charge on any atom is 0.252 e. The molecule has 2 aromatic carbocycles. The SMILES string of the molecule is CCC1OCC(c2ccccc2)N(CC(=O)Nc2ccc3c(c2)CC2(C3)C(=O)Nc3ncccc32)C1=O. The first-order chi connectivity index (χ1) is 18.0. The molecule has 37 heavy (non-hydrogen) atoms. The van der Waals surface area contributed by atoms with Crippen LogP contribution >= 0.6 is 0 Å². The zero-order valence-electron chi connectivity index (χ0n) is 20.6. The second-order valence-corrected chi connectivity index (χ2v) is 9.94. The Bertz CT molecular complexity index is 1390. The van der Waals surface area contributed by atoms with Crippen LogP contribution in [0.1, 0.15) is 41.6 Å². The minimum atomic E-state index is -0.660. The zero-order chi connectivity index (χ0) is 25.6. The summed E-state index contributed by atoms with van der Waals surface area (Å²) in [4.78, 5) is 45.2. The average Bonchev–Trinajstić information content (AvgIpc) is 3.42. The summed E-state index contributed by atoms with van der Waals surface area (Å²) in [6, 6.07) is 18.9. The van der Waals surface area contributed by atoms with Gasteiger partial charge in [-0.25, -0.2) is 4.98 Å². The number of aromatic nitrogens is 1. The van der Waals surface area contributed by atoms with Crippen LogP contribution in [0.5, 0.6) is 0 Å². The fraction of sp³-hybridized carbons (Fsp3) is 0.310. The molecule has 1 fully saturated rings. The van der Waals surface area contributed by atoms with Gasteiger partial charge in [-0.15, -0.1) is 0 Å². The predicted octanol–water partition coefficient (Wildman–Crippen LogP) is 3.39. The Morgan fingerprint density at radius 2 is 1.92 bits per heavy atom. The third-order valence-corrected chi connectivity index (χ3v) is 7.72. The molecule has 2 N–H and O–H groups in total. The van der Waals surface area contributed by atoms with Gasteiger partial charge in [0.2, 0.25) is 11.8 Å². The molecule has 3 atom stereocenters. The van der Waals surface area contributed by atoms with Crippen molar-refractivity contribution in [2.75, 3.05) is 23.8 Å². The van der Waals surface area contributed by atoms with Gasteiger partial charge in [0.25, 0.3) is 5.91 Å².